The summed E-state index contributed by atoms with van der Waals surface area (Å²) in [4.78, 5) is 23.4. The van der Waals surface area contributed by atoms with Crippen LogP contribution in [-0.2, 0) is 11.2 Å². The van der Waals surface area contributed by atoms with E-state index in [1.807, 2.05) is 31.2 Å². The molecule has 1 aromatic carbocycles. The van der Waals surface area contributed by atoms with E-state index in [1.54, 1.807) is 0 Å². The summed E-state index contributed by atoms with van der Waals surface area (Å²) in [7, 11) is 0. The van der Waals surface area contributed by atoms with Crippen LogP contribution < -0.4 is 15.8 Å². The summed E-state index contributed by atoms with van der Waals surface area (Å²) in [5.74, 6) is -0.549. The van der Waals surface area contributed by atoms with Gasteiger partial charge in [0.1, 0.15) is 5.75 Å². The van der Waals surface area contributed by atoms with Crippen molar-refractivity contribution in [3.05, 3.63) is 41.7 Å². The maximum Gasteiger partial charge on any atom is 0.272 e. The molecule has 0 bridgehead atoms. The number of carbonyl (C=O) groups is 2. The van der Waals surface area contributed by atoms with E-state index in [4.69, 9.17) is 10.5 Å². The van der Waals surface area contributed by atoms with Crippen molar-refractivity contribution in [1.29, 1.82) is 0 Å². The lowest BCUT2D eigenvalue weighted by atomic mass is 9.98. The first-order valence-corrected chi connectivity index (χ1v) is 7.90. The molecular weight excluding hydrogens is 316 g/mol. The molecule has 7 nitrogen and oxygen atoms in total. The quantitative estimate of drug-likeness (QED) is 0.749. The lowest BCUT2D eigenvalue weighted by Gasteiger charge is -2.14. The lowest BCUT2D eigenvalue weighted by Crippen LogP contribution is -2.37. The van der Waals surface area contributed by atoms with Gasteiger partial charge in [-0.25, -0.2) is 0 Å². The molecule has 0 aliphatic rings. The van der Waals surface area contributed by atoms with Crippen LogP contribution in [0, 0.1) is 5.92 Å². The number of amides is 2. The predicted molar refractivity (Wildman–Crippen MR) is 86.2 cm³/mol. The van der Waals surface area contributed by atoms with Crippen LogP contribution in [0.3, 0.4) is 0 Å². The Bertz CT molecular complexity index is 643. The lowest BCUT2D eigenvalue weighted by molar-refractivity contribution is -0.121. The number of nitrogens with one attached hydrogen (secondary N) is 1. The topological polar surface area (TPSA) is 107 Å². The molecule has 0 aliphatic heterocycles. The van der Waals surface area contributed by atoms with Gasteiger partial charge in [-0.1, -0.05) is 12.1 Å². The third kappa shape index (κ3) is 5.03. The first-order chi connectivity index (χ1) is 11.1. The average molecular weight is 334 g/mol. The Morgan fingerprint density at radius 3 is 2.65 bits per heavy atom. The van der Waals surface area contributed by atoms with Crippen molar-refractivity contribution >= 4 is 23.5 Å². The van der Waals surface area contributed by atoms with Gasteiger partial charge in [-0.2, -0.15) is 8.75 Å². The normalized spacial score (nSPS) is 11.7. The van der Waals surface area contributed by atoms with E-state index < -0.39 is 11.8 Å². The fourth-order valence-corrected chi connectivity index (χ4v) is 2.43. The Morgan fingerprint density at radius 1 is 1.35 bits per heavy atom. The van der Waals surface area contributed by atoms with Crippen molar-refractivity contribution in [3.63, 3.8) is 0 Å². The molecule has 3 N–H and O–H groups in total. The molecule has 1 unspecified atom stereocenters. The predicted octanol–water partition coefficient (Wildman–Crippen LogP) is 1.01. The number of nitrogens with two attached hydrogens (primary N) is 1. The maximum atomic E-state index is 11.8. The molecule has 0 spiro atoms. The van der Waals surface area contributed by atoms with Gasteiger partial charge in [-0.3, -0.25) is 9.59 Å². The highest BCUT2D eigenvalue weighted by molar-refractivity contribution is 6.99. The van der Waals surface area contributed by atoms with Crippen molar-refractivity contribution < 1.29 is 14.3 Å². The van der Waals surface area contributed by atoms with Gasteiger partial charge in [0.2, 0.25) is 5.91 Å². The fourth-order valence-electron chi connectivity index (χ4n) is 2.02. The van der Waals surface area contributed by atoms with Gasteiger partial charge in [0.15, 0.2) is 5.69 Å². The number of carbonyl (C=O) groups excluding carboxylic acids is 2. The SMILES string of the molecule is CCOc1ccc(CC(CNC(=O)c2cnsn2)C(N)=O)cc1. The van der Waals surface area contributed by atoms with Crippen LogP contribution in [0.25, 0.3) is 0 Å². The van der Waals surface area contributed by atoms with Crippen LogP contribution in [0.5, 0.6) is 5.75 Å². The minimum Gasteiger partial charge on any atom is -0.494 e. The molecule has 1 heterocycles. The number of hydrogen-bond donors (Lipinski definition) is 2. The Hall–Kier alpha value is -2.48. The molecule has 1 aromatic heterocycles. The van der Waals surface area contributed by atoms with Crippen LogP contribution >= 0.6 is 11.7 Å². The fraction of sp³-hybridized carbons (Fsp3) is 0.333. The van der Waals surface area contributed by atoms with Crippen LogP contribution in [0.15, 0.2) is 30.5 Å². The number of hydrogen-bond acceptors (Lipinski definition) is 6. The molecular formula is C15H18N4O3S. The van der Waals surface area contributed by atoms with Crippen molar-refractivity contribution in [3.8, 4) is 5.75 Å². The second kappa shape index (κ2) is 8.23. The smallest absolute Gasteiger partial charge is 0.272 e. The Labute approximate surface area is 138 Å². The zero-order valence-electron chi connectivity index (χ0n) is 12.7. The summed E-state index contributed by atoms with van der Waals surface area (Å²) in [6.07, 6.45) is 1.82. The van der Waals surface area contributed by atoms with Crippen molar-refractivity contribution in [1.82, 2.24) is 14.1 Å². The summed E-state index contributed by atoms with van der Waals surface area (Å²) in [6.45, 7) is 2.66. The van der Waals surface area contributed by atoms with Gasteiger partial charge < -0.3 is 15.8 Å². The Balaban J connectivity index is 1.93. The van der Waals surface area contributed by atoms with Crippen molar-refractivity contribution in [2.75, 3.05) is 13.2 Å². The highest BCUT2D eigenvalue weighted by Crippen LogP contribution is 2.15. The standard InChI is InChI=1S/C15H18N4O3S/c1-2-22-12-5-3-10(4-6-12)7-11(14(16)20)8-17-15(21)13-9-18-23-19-13/h3-6,9,11H,2,7-8H2,1H3,(H2,16,20)(H,17,21). The van der Waals surface area contributed by atoms with Gasteiger partial charge in [-0.05, 0) is 31.0 Å². The zero-order chi connectivity index (χ0) is 16.7. The number of primary amides is 1. The largest absolute Gasteiger partial charge is 0.494 e. The molecule has 2 amide bonds. The zero-order valence-corrected chi connectivity index (χ0v) is 13.5. The minimum atomic E-state index is -0.497. The van der Waals surface area contributed by atoms with Gasteiger partial charge in [0.25, 0.3) is 5.91 Å². The molecule has 0 radical (unpaired) electrons. The molecule has 0 saturated heterocycles. The molecule has 2 rings (SSSR count). The van der Waals surface area contributed by atoms with E-state index in [1.165, 1.54) is 6.20 Å². The summed E-state index contributed by atoms with van der Waals surface area (Å²) in [6, 6.07) is 7.45. The molecule has 8 heteroatoms. The van der Waals surface area contributed by atoms with Gasteiger partial charge in [0.05, 0.1) is 30.4 Å². The molecule has 0 fully saturated rings. The first-order valence-electron chi connectivity index (χ1n) is 7.17. The van der Waals surface area contributed by atoms with E-state index in [-0.39, 0.29) is 18.1 Å². The monoisotopic (exact) mass is 334 g/mol. The first kappa shape index (κ1) is 16.9. The van der Waals surface area contributed by atoms with Crippen LogP contribution in [-0.4, -0.2) is 33.7 Å². The average Bonchev–Trinajstić information content (AvgIpc) is 3.07. The number of benzene rings is 1. The summed E-state index contributed by atoms with van der Waals surface area (Å²) in [5.41, 5.74) is 6.61. The summed E-state index contributed by atoms with van der Waals surface area (Å²) >= 11 is 0.952. The van der Waals surface area contributed by atoms with Crippen LogP contribution in [0.2, 0.25) is 0 Å². The third-order valence-corrected chi connectivity index (χ3v) is 3.70. The van der Waals surface area contributed by atoms with Crippen LogP contribution in [0.4, 0.5) is 0 Å². The highest BCUT2D eigenvalue weighted by atomic mass is 32.1. The van der Waals surface area contributed by atoms with Crippen LogP contribution in [0.1, 0.15) is 23.0 Å². The van der Waals surface area contributed by atoms with Gasteiger partial charge in [0, 0.05) is 6.54 Å². The molecule has 0 aliphatic carbocycles. The molecule has 122 valence electrons. The second-order valence-corrected chi connectivity index (χ2v) is 5.44. The number of nitrogens with zero attached hydrogens (tertiary/aromatic N) is 2. The summed E-state index contributed by atoms with van der Waals surface area (Å²) < 4.78 is 13.0. The maximum absolute atomic E-state index is 11.8. The van der Waals surface area contributed by atoms with E-state index in [0.29, 0.717) is 13.0 Å². The van der Waals surface area contributed by atoms with E-state index in [9.17, 15) is 9.59 Å². The third-order valence-electron chi connectivity index (χ3n) is 3.22. The van der Waals surface area contributed by atoms with E-state index >= 15 is 0 Å². The number of ether oxygens (including phenoxy) is 1. The second-order valence-electron chi connectivity index (χ2n) is 4.88. The highest BCUT2D eigenvalue weighted by Gasteiger charge is 2.18. The van der Waals surface area contributed by atoms with E-state index in [0.717, 1.165) is 23.0 Å². The Morgan fingerprint density at radius 2 is 2.09 bits per heavy atom. The Kier molecular flexibility index (Phi) is 6.04. The summed E-state index contributed by atoms with van der Waals surface area (Å²) in [5, 5.41) is 2.66. The number of aromatic nitrogens is 2. The van der Waals surface area contributed by atoms with Crippen molar-refractivity contribution in [2.24, 2.45) is 11.7 Å². The van der Waals surface area contributed by atoms with Crippen molar-refractivity contribution in [2.45, 2.75) is 13.3 Å². The molecule has 23 heavy (non-hydrogen) atoms. The molecule has 0 saturated carbocycles. The minimum absolute atomic E-state index is 0.152. The van der Waals surface area contributed by atoms with Gasteiger partial charge in [-0.15, -0.1) is 0 Å². The molecule has 2 aromatic rings. The molecule has 1 atom stereocenters. The number of rotatable bonds is 8. The van der Waals surface area contributed by atoms with Gasteiger partial charge >= 0.3 is 0 Å². The van der Waals surface area contributed by atoms with E-state index in [2.05, 4.69) is 14.1 Å².